The lowest BCUT2D eigenvalue weighted by atomic mass is 9.99. The summed E-state index contributed by atoms with van der Waals surface area (Å²) in [6.07, 6.45) is 4.18. The summed E-state index contributed by atoms with van der Waals surface area (Å²) in [5.74, 6) is 0.407. The van der Waals surface area contributed by atoms with Gasteiger partial charge in [-0.3, -0.25) is 4.79 Å². The van der Waals surface area contributed by atoms with Crippen LogP contribution in [0.5, 0.6) is 0 Å². The normalized spacial score (nSPS) is 22.4. The summed E-state index contributed by atoms with van der Waals surface area (Å²) in [7, 11) is 0. The molecule has 0 spiro atoms. The number of carbonyl (C=O) groups excluding carboxylic acids is 1. The number of nitrogens with zero attached hydrogens (tertiary/aromatic N) is 1. The van der Waals surface area contributed by atoms with E-state index in [4.69, 9.17) is 0 Å². The molecular weight excluding hydrogens is 266 g/mol. The van der Waals surface area contributed by atoms with Crippen LogP contribution in [0.15, 0.2) is 40.9 Å². The molecule has 3 rings (SSSR count). The Morgan fingerprint density at radius 1 is 1.30 bits per heavy atom. The van der Waals surface area contributed by atoms with Crippen molar-refractivity contribution in [2.24, 2.45) is 0 Å². The van der Waals surface area contributed by atoms with Gasteiger partial charge in [0.15, 0.2) is 5.78 Å². The van der Waals surface area contributed by atoms with Gasteiger partial charge in [-0.15, -0.1) is 0 Å². The molecule has 0 saturated heterocycles. The Bertz CT molecular complexity index is 523. The van der Waals surface area contributed by atoms with Crippen LogP contribution in [0.25, 0.3) is 0 Å². The largest absolute Gasteiger partial charge is 0.362 e. The third-order valence-corrected chi connectivity index (χ3v) is 5.47. The van der Waals surface area contributed by atoms with E-state index in [0.29, 0.717) is 5.78 Å². The van der Waals surface area contributed by atoms with Crippen LogP contribution in [-0.4, -0.2) is 22.5 Å². The molecule has 1 atom stereocenters. The van der Waals surface area contributed by atoms with Crippen LogP contribution in [0.1, 0.15) is 38.2 Å². The van der Waals surface area contributed by atoms with Gasteiger partial charge < -0.3 is 4.90 Å². The number of ketones is 1. The Kier molecular flexibility index (Phi) is 4.16. The van der Waals surface area contributed by atoms with E-state index in [2.05, 4.69) is 42.2 Å². The Hall–Kier alpha value is -1.22. The fourth-order valence-electron chi connectivity index (χ4n) is 3.01. The van der Waals surface area contributed by atoms with E-state index in [9.17, 15) is 4.79 Å². The van der Waals surface area contributed by atoms with E-state index >= 15 is 0 Å². The highest BCUT2D eigenvalue weighted by molar-refractivity contribution is 8.04. The molecule has 2 heterocycles. The molecule has 0 saturated carbocycles. The predicted octanol–water partition coefficient (Wildman–Crippen LogP) is 3.98. The minimum atomic E-state index is 0.182. The zero-order valence-corrected chi connectivity index (χ0v) is 12.8. The molecule has 1 unspecified atom stereocenters. The zero-order valence-electron chi connectivity index (χ0n) is 12.0. The molecule has 0 radical (unpaired) electrons. The van der Waals surface area contributed by atoms with Gasteiger partial charge in [-0.05, 0) is 24.8 Å². The molecule has 0 fully saturated rings. The molecule has 2 aliphatic heterocycles. The molecule has 0 aromatic heterocycles. The quantitative estimate of drug-likeness (QED) is 0.835. The van der Waals surface area contributed by atoms with Gasteiger partial charge in [0.25, 0.3) is 0 Å². The monoisotopic (exact) mass is 287 g/mol. The lowest BCUT2D eigenvalue weighted by Gasteiger charge is -2.30. The van der Waals surface area contributed by atoms with Crippen molar-refractivity contribution in [3.63, 3.8) is 0 Å². The highest BCUT2D eigenvalue weighted by Crippen LogP contribution is 2.43. The average molecular weight is 287 g/mol. The minimum absolute atomic E-state index is 0.182. The second kappa shape index (κ2) is 6.04. The molecule has 2 aliphatic rings. The summed E-state index contributed by atoms with van der Waals surface area (Å²) in [6.45, 7) is 4.17. The van der Waals surface area contributed by atoms with Crippen LogP contribution in [0, 0.1) is 0 Å². The van der Waals surface area contributed by atoms with Crippen molar-refractivity contribution >= 4 is 17.5 Å². The second-order valence-corrected chi connectivity index (χ2v) is 6.75. The summed E-state index contributed by atoms with van der Waals surface area (Å²) in [6, 6.07) is 10.6. The number of hydrogen-bond donors (Lipinski definition) is 0. The van der Waals surface area contributed by atoms with Crippen LogP contribution in [-0.2, 0) is 11.3 Å². The van der Waals surface area contributed by atoms with Gasteiger partial charge in [-0.25, -0.2) is 0 Å². The van der Waals surface area contributed by atoms with E-state index in [1.165, 1.54) is 10.6 Å². The van der Waals surface area contributed by atoms with Gasteiger partial charge in [0.2, 0.25) is 0 Å². The molecule has 20 heavy (non-hydrogen) atoms. The maximum absolute atomic E-state index is 12.4. The summed E-state index contributed by atoms with van der Waals surface area (Å²) in [5, 5.41) is 1.45. The number of hydrogen-bond acceptors (Lipinski definition) is 3. The third-order valence-electron chi connectivity index (χ3n) is 4.01. The summed E-state index contributed by atoms with van der Waals surface area (Å²) >= 11 is 1.81. The van der Waals surface area contributed by atoms with Gasteiger partial charge in [0, 0.05) is 18.7 Å². The van der Waals surface area contributed by atoms with E-state index in [1.807, 2.05) is 11.8 Å². The van der Waals surface area contributed by atoms with Crippen LogP contribution in [0.4, 0.5) is 0 Å². The minimum Gasteiger partial charge on any atom is -0.362 e. The Labute approximate surface area is 125 Å². The molecule has 0 amide bonds. The van der Waals surface area contributed by atoms with E-state index in [0.717, 1.165) is 44.3 Å². The molecule has 0 bridgehead atoms. The van der Waals surface area contributed by atoms with E-state index < -0.39 is 0 Å². The van der Waals surface area contributed by atoms with E-state index in [-0.39, 0.29) is 5.25 Å². The van der Waals surface area contributed by atoms with Crippen molar-refractivity contribution in [3.8, 4) is 0 Å². The topological polar surface area (TPSA) is 20.3 Å². The molecule has 0 aliphatic carbocycles. The number of Topliss-reactive ketones (excluding diaryl/α,β-unsaturated/α-hetero) is 1. The van der Waals surface area contributed by atoms with Crippen LogP contribution in [0.3, 0.4) is 0 Å². The van der Waals surface area contributed by atoms with Crippen LogP contribution < -0.4 is 0 Å². The third kappa shape index (κ3) is 2.64. The number of thioether (sulfide) groups is 1. The summed E-state index contributed by atoms with van der Waals surface area (Å²) < 4.78 is 0. The Balaban J connectivity index is 1.78. The van der Waals surface area contributed by atoms with Crippen molar-refractivity contribution in [3.05, 3.63) is 46.5 Å². The van der Waals surface area contributed by atoms with Crippen molar-refractivity contribution < 1.29 is 4.79 Å². The molecule has 1 aromatic rings. The molecule has 3 heteroatoms. The Morgan fingerprint density at radius 3 is 2.85 bits per heavy atom. The van der Waals surface area contributed by atoms with Gasteiger partial charge in [-0.2, -0.15) is 0 Å². The lowest BCUT2D eigenvalue weighted by molar-refractivity contribution is -0.115. The fraction of sp³-hybridized carbons (Fsp3) is 0.471. The fourth-order valence-corrected chi connectivity index (χ4v) is 4.53. The standard InChI is InChI=1S/C17H21NOS/c1-2-7-15-16(19)14-10-6-11-18(17(14)20-15)12-13-8-4-3-5-9-13/h3-5,8-9,15H,2,6-7,10-12H2,1H3. The molecule has 2 nitrogen and oxygen atoms in total. The second-order valence-electron chi connectivity index (χ2n) is 5.55. The smallest absolute Gasteiger partial charge is 0.174 e. The first kappa shape index (κ1) is 13.7. The van der Waals surface area contributed by atoms with Gasteiger partial charge in [0.1, 0.15) is 0 Å². The van der Waals surface area contributed by atoms with Crippen LogP contribution in [0.2, 0.25) is 0 Å². The highest BCUT2D eigenvalue weighted by Gasteiger charge is 2.37. The summed E-state index contributed by atoms with van der Waals surface area (Å²) in [5.41, 5.74) is 2.43. The van der Waals surface area contributed by atoms with E-state index in [1.54, 1.807) is 0 Å². The van der Waals surface area contributed by atoms with Crippen LogP contribution >= 0.6 is 11.8 Å². The predicted molar refractivity (Wildman–Crippen MR) is 84.4 cm³/mol. The van der Waals surface area contributed by atoms with Gasteiger partial charge >= 0.3 is 0 Å². The van der Waals surface area contributed by atoms with Crippen molar-refractivity contribution in [2.75, 3.05) is 6.54 Å². The first-order valence-electron chi connectivity index (χ1n) is 7.52. The Morgan fingerprint density at radius 2 is 2.10 bits per heavy atom. The van der Waals surface area contributed by atoms with Crippen molar-refractivity contribution in [1.29, 1.82) is 0 Å². The molecule has 106 valence electrons. The maximum Gasteiger partial charge on any atom is 0.174 e. The number of allylic oxidation sites excluding steroid dienone is 1. The SMILES string of the molecule is CCCC1SC2=C(CCCN2Cc2ccccc2)C1=O. The average Bonchev–Trinajstić information content (AvgIpc) is 2.79. The lowest BCUT2D eigenvalue weighted by Crippen LogP contribution is -2.26. The number of carbonyl (C=O) groups is 1. The summed E-state index contributed by atoms with van der Waals surface area (Å²) in [4.78, 5) is 14.8. The van der Waals surface area contributed by atoms with Crippen molar-refractivity contribution in [2.45, 2.75) is 44.4 Å². The zero-order chi connectivity index (χ0) is 13.9. The maximum atomic E-state index is 12.4. The first-order valence-corrected chi connectivity index (χ1v) is 8.40. The highest BCUT2D eigenvalue weighted by atomic mass is 32.2. The molecule has 0 N–H and O–H groups in total. The first-order chi connectivity index (χ1) is 9.79. The number of benzene rings is 1. The van der Waals surface area contributed by atoms with Crippen molar-refractivity contribution in [1.82, 2.24) is 4.90 Å². The molecular formula is C17H21NOS. The number of rotatable bonds is 4. The van der Waals surface area contributed by atoms with Gasteiger partial charge in [-0.1, -0.05) is 55.4 Å². The molecule has 1 aromatic carbocycles. The van der Waals surface area contributed by atoms with Gasteiger partial charge in [0.05, 0.1) is 10.3 Å².